The minimum Gasteiger partial charge on any atom is -0.469 e. The molecule has 2 aromatic carbocycles. The molecule has 0 saturated heterocycles. The second kappa shape index (κ2) is 12.0. The summed E-state index contributed by atoms with van der Waals surface area (Å²) in [5, 5.41) is 13.2. The Hall–Kier alpha value is -4.12. The minimum absolute atomic E-state index is 0.0107. The van der Waals surface area contributed by atoms with Gasteiger partial charge in [-0.3, -0.25) is 9.36 Å². The summed E-state index contributed by atoms with van der Waals surface area (Å²) in [5.74, 6) is -3.07. The molecular weight excluding hydrogens is 577 g/mol. The van der Waals surface area contributed by atoms with Gasteiger partial charge in [0.2, 0.25) is 0 Å². The van der Waals surface area contributed by atoms with Crippen LogP contribution in [0, 0.1) is 17.1 Å². The lowest BCUT2D eigenvalue weighted by atomic mass is 10.1. The van der Waals surface area contributed by atoms with Crippen LogP contribution < -0.4 is 10.4 Å². The van der Waals surface area contributed by atoms with E-state index in [1.807, 2.05) is 0 Å². The van der Waals surface area contributed by atoms with E-state index in [0.29, 0.717) is 0 Å². The Bertz CT molecular complexity index is 1480. The quantitative estimate of drug-likeness (QED) is 0.340. The van der Waals surface area contributed by atoms with Crippen LogP contribution >= 0.6 is 15.9 Å². The summed E-state index contributed by atoms with van der Waals surface area (Å²) in [6.45, 7) is 0. The highest BCUT2D eigenvalue weighted by Gasteiger charge is 2.30. The first-order valence-corrected chi connectivity index (χ1v) is 11.6. The van der Waals surface area contributed by atoms with Crippen molar-refractivity contribution in [1.82, 2.24) is 14.3 Å². The number of methoxy groups -OCH3 is 2. The molecule has 1 atom stereocenters. The van der Waals surface area contributed by atoms with Crippen molar-refractivity contribution in [2.24, 2.45) is 7.05 Å². The van der Waals surface area contributed by atoms with Crippen molar-refractivity contribution in [3.8, 4) is 17.6 Å². The highest BCUT2D eigenvalue weighted by atomic mass is 79.9. The van der Waals surface area contributed by atoms with E-state index in [-0.39, 0.29) is 39.3 Å². The summed E-state index contributed by atoms with van der Waals surface area (Å²) >= 11 is 3.16. The molecule has 3 rings (SSSR count). The first-order valence-electron chi connectivity index (χ1n) is 10.8. The summed E-state index contributed by atoms with van der Waals surface area (Å²) in [6.07, 6.45) is -3.65. The molecule has 1 heterocycles. The lowest BCUT2D eigenvalue weighted by Crippen LogP contribution is -2.33. The molecule has 1 aromatic heterocycles. The number of hydrogen-bond donors (Lipinski definition) is 0. The van der Waals surface area contributed by atoms with Crippen molar-refractivity contribution < 1.29 is 37.0 Å². The van der Waals surface area contributed by atoms with Gasteiger partial charge in [-0.05, 0) is 45.8 Å². The zero-order valence-corrected chi connectivity index (χ0v) is 21.8. The lowest BCUT2D eigenvalue weighted by Gasteiger charge is -2.13. The Kier molecular flexibility index (Phi) is 8.95. The minimum atomic E-state index is -2.88. The van der Waals surface area contributed by atoms with Crippen molar-refractivity contribution in [3.05, 3.63) is 73.6 Å². The standard InChI is InChI=1S/C24H20BrF3N4O6/c1-31-18(30-32(24(31)35)17(23(34)37-3)10-19(33)36-2)9-13-4-5-16(25)21(20(13)26)38-15-7-12(11-29)6-14(8-15)22(27)28/h4-8,17,22H,9-10H2,1-3H3. The SMILES string of the molecule is COC(=O)CC(C(=O)OC)n1nc(Cc2ccc(Br)c(Oc3cc(C#N)cc(C(F)F)c3)c2F)n(C)c1=O. The molecule has 0 spiro atoms. The highest BCUT2D eigenvalue weighted by Crippen LogP contribution is 2.36. The first kappa shape index (κ1) is 28.5. The van der Waals surface area contributed by atoms with Crippen LogP contribution in [0.3, 0.4) is 0 Å². The van der Waals surface area contributed by atoms with Gasteiger partial charge in [-0.1, -0.05) is 6.07 Å². The van der Waals surface area contributed by atoms with E-state index in [4.69, 9.17) is 10.00 Å². The van der Waals surface area contributed by atoms with E-state index in [1.54, 1.807) is 6.07 Å². The largest absolute Gasteiger partial charge is 0.469 e. The van der Waals surface area contributed by atoms with Gasteiger partial charge >= 0.3 is 17.6 Å². The molecule has 0 aliphatic rings. The van der Waals surface area contributed by atoms with Gasteiger partial charge < -0.3 is 14.2 Å². The molecule has 3 aromatic rings. The van der Waals surface area contributed by atoms with Gasteiger partial charge in [0.25, 0.3) is 6.43 Å². The number of nitriles is 1. The van der Waals surface area contributed by atoms with Crippen molar-refractivity contribution >= 4 is 27.9 Å². The Morgan fingerprint density at radius 1 is 1.18 bits per heavy atom. The van der Waals surface area contributed by atoms with Crippen LogP contribution in [0.4, 0.5) is 13.2 Å². The van der Waals surface area contributed by atoms with Crippen LogP contribution in [0.15, 0.2) is 39.6 Å². The maximum Gasteiger partial charge on any atom is 0.346 e. The number of aromatic nitrogens is 3. The molecule has 0 radical (unpaired) electrons. The number of halogens is 4. The molecule has 0 aliphatic carbocycles. The third kappa shape index (κ3) is 6.05. The van der Waals surface area contributed by atoms with Crippen molar-refractivity contribution in [2.75, 3.05) is 14.2 Å². The van der Waals surface area contributed by atoms with E-state index >= 15 is 4.39 Å². The molecule has 10 nitrogen and oxygen atoms in total. The molecule has 0 saturated carbocycles. The predicted molar refractivity (Wildman–Crippen MR) is 128 cm³/mol. The van der Waals surface area contributed by atoms with Crippen LogP contribution in [0.1, 0.15) is 41.4 Å². The Balaban J connectivity index is 1.99. The molecule has 1 unspecified atom stereocenters. The first-order chi connectivity index (χ1) is 18.0. The van der Waals surface area contributed by atoms with E-state index in [0.717, 1.165) is 35.6 Å². The molecule has 0 aliphatic heterocycles. The summed E-state index contributed by atoms with van der Waals surface area (Å²) in [5.41, 5.74) is -1.32. The fourth-order valence-corrected chi connectivity index (χ4v) is 3.85. The summed E-state index contributed by atoms with van der Waals surface area (Å²) in [6, 6.07) is 6.34. The van der Waals surface area contributed by atoms with Crippen LogP contribution in [-0.4, -0.2) is 40.5 Å². The number of ether oxygens (including phenoxy) is 3. The molecule has 0 fully saturated rings. The monoisotopic (exact) mass is 596 g/mol. The molecule has 0 amide bonds. The van der Waals surface area contributed by atoms with Gasteiger partial charge in [-0.2, -0.15) is 15.0 Å². The number of alkyl halides is 2. The number of nitrogens with zero attached hydrogens (tertiary/aromatic N) is 4. The fourth-order valence-electron chi connectivity index (χ4n) is 3.47. The van der Waals surface area contributed by atoms with Crippen molar-refractivity contribution in [2.45, 2.75) is 25.3 Å². The Morgan fingerprint density at radius 2 is 1.89 bits per heavy atom. The van der Waals surface area contributed by atoms with Crippen LogP contribution in [-0.2, 0) is 32.5 Å². The lowest BCUT2D eigenvalue weighted by molar-refractivity contribution is -0.151. The van der Waals surface area contributed by atoms with E-state index in [1.165, 1.54) is 25.2 Å². The van der Waals surface area contributed by atoms with Crippen LogP contribution in [0.2, 0.25) is 0 Å². The van der Waals surface area contributed by atoms with Crippen molar-refractivity contribution in [3.63, 3.8) is 0 Å². The van der Waals surface area contributed by atoms with E-state index in [9.17, 15) is 23.2 Å². The third-order valence-corrected chi connectivity index (χ3v) is 6.08. The van der Waals surface area contributed by atoms with Gasteiger partial charge in [-0.25, -0.2) is 22.8 Å². The van der Waals surface area contributed by atoms with Gasteiger partial charge in [0.15, 0.2) is 17.6 Å². The molecule has 14 heteroatoms. The zero-order valence-electron chi connectivity index (χ0n) is 20.2. The molecule has 0 bridgehead atoms. The molecule has 0 N–H and O–H groups in total. The van der Waals surface area contributed by atoms with Gasteiger partial charge in [0.05, 0.1) is 36.7 Å². The van der Waals surface area contributed by atoms with E-state index < -0.39 is 47.9 Å². The second-order valence-corrected chi connectivity index (χ2v) is 8.71. The highest BCUT2D eigenvalue weighted by molar-refractivity contribution is 9.10. The van der Waals surface area contributed by atoms with Crippen LogP contribution in [0.5, 0.6) is 11.5 Å². The number of benzene rings is 2. The average molecular weight is 597 g/mol. The number of carbonyl (C=O) groups excluding carboxylic acids is 2. The number of hydrogen-bond acceptors (Lipinski definition) is 8. The number of rotatable bonds is 9. The zero-order chi connectivity index (χ0) is 28.1. The normalized spacial score (nSPS) is 11.7. The van der Waals surface area contributed by atoms with Gasteiger partial charge in [-0.15, -0.1) is 0 Å². The van der Waals surface area contributed by atoms with Crippen LogP contribution in [0.25, 0.3) is 0 Å². The van der Waals surface area contributed by atoms with Gasteiger partial charge in [0, 0.05) is 19.0 Å². The Labute approximate surface area is 222 Å². The molecular formula is C24H20BrF3N4O6. The van der Waals surface area contributed by atoms with Crippen molar-refractivity contribution in [1.29, 1.82) is 5.26 Å². The Morgan fingerprint density at radius 3 is 2.50 bits per heavy atom. The maximum absolute atomic E-state index is 15.5. The topological polar surface area (TPSA) is 125 Å². The summed E-state index contributed by atoms with van der Waals surface area (Å²) < 4.78 is 58.7. The van der Waals surface area contributed by atoms with Gasteiger partial charge in [0.1, 0.15) is 11.6 Å². The molecule has 200 valence electrons. The summed E-state index contributed by atoms with van der Waals surface area (Å²) in [7, 11) is 3.54. The maximum atomic E-state index is 15.5. The summed E-state index contributed by atoms with van der Waals surface area (Å²) in [4.78, 5) is 36.8. The average Bonchev–Trinajstić information content (AvgIpc) is 3.18. The third-order valence-electron chi connectivity index (χ3n) is 5.46. The fraction of sp³-hybridized carbons (Fsp3) is 0.292. The smallest absolute Gasteiger partial charge is 0.346 e. The second-order valence-electron chi connectivity index (χ2n) is 7.85. The molecule has 38 heavy (non-hydrogen) atoms. The number of esters is 2. The van der Waals surface area contributed by atoms with E-state index in [2.05, 4.69) is 30.5 Å². The number of carbonyl (C=O) groups is 2. The predicted octanol–water partition coefficient (Wildman–Crippen LogP) is 3.95.